The molecule has 8 heteroatoms. The van der Waals surface area contributed by atoms with Gasteiger partial charge in [-0.25, -0.2) is 18.4 Å². The number of hydrogen-bond donors (Lipinski definition) is 1. The summed E-state index contributed by atoms with van der Waals surface area (Å²) in [5.74, 6) is -0.379. The van der Waals surface area contributed by atoms with E-state index in [1.165, 1.54) is 11.3 Å². The molecule has 2 aromatic carbocycles. The number of benzene rings is 2. The van der Waals surface area contributed by atoms with Crippen LogP contribution in [0.2, 0.25) is 5.02 Å². The lowest BCUT2D eigenvalue weighted by molar-refractivity contribution is 0.0533. The van der Waals surface area contributed by atoms with Crippen LogP contribution in [0.5, 0.6) is 0 Å². The Morgan fingerprint density at radius 2 is 1.75 bits per heavy atom. The van der Waals surface area contributed by atoms with Crippen LogP contribution in [0, 0.1) is 6.92 Å². The molecule has 0 saturated carbocycles. The number of carbonyl (C=O) groups excluding carboxylic acids is 1. The second-order valence-electron chi connectivity index (χ2n) is 7.81. The van der Waals surface area contributed by atoms with Gasteiger partial charge in [-0.1, -0.05) is 29.8 Å². The van der Waals surface area contributed by atoms with Crippen molar-refractivity contribution in [1.29, 1.82) is 0 Å². The van der Waals surface area contributed by atoms with Crippen LogP contribution in [0.1, 0.15) is 46.1 Å². The van der Waals surface area contributed by atoms with Crippen molar-refractivity contribution in [3.8, 4) is 21.6 Å². The molecular weight excluding hydrogens is 466 g/mol. The molecule has 1 aliphatic rings. The van der Waals surface area contributed by atoms with Gasteiger partial charge < -0.3 is 4.74 Å². The van der Waals surface area contributed by atoms with Gasteiger partial charge in [0, 0.05) is 15.5 Å². The number of thiophene rings is 1. The van der Waals surface area contributed by atoms with Crippen LogP contribution < -0.4 is 5.14 Å². The zero-order valence-electron chi connectivity index (χ0n) is 17.9. The van der Waals surface area contributed by atoms with Gasteiger partial charge in [-0.2, -0.15) is 0 Å². The van der Waals surface area contributed by atoms with E-state index in [9.17, 15) is 13.2 Å². The van der Waals surface area contributed by atoms with Gasteiger partial charge in [0.1, 0.15) is 4.88 Å². The molecule has 0 radical (unpaired) electrons. The van der Waals surface area contributed by atoms with Gasteiger partial charge in [-0.3, -0.25) is 0 Å². The van der Waals surface area contributed by atoms with Crippen molar-refractivity contribution in [2.24, 2.45) is 5.14 Å². The van der Waals surface area contributed by atoms with Crippen molar-refractivity contribution in [2.45, 2.75) is 44.4 Å². The Morgan fingerprint density at radius 3 is 2.38 bits per heavy atom. The molecule has 32 heavy (non-hydrogen) atoms. The summed E-state index contributed by atoms with van der Waals surface area (Å²) in [5, 5.41) is 6.14. The van der Waals surface area contributed by atoms with Crippen LogP contribution in [0.15, 0.2) is 41.3 Å². The molecule has 3 aromatic rings. The second kappa shape index (κ2) is 8.98. The van der Waals surface area contributed by atoms with Crippen molar-refractivity contribution in [3.63, 3.8) is 0 Å². The van der Waals surface area contributed by atoms with Crippen molar-refractivity contribution in [1.82, 2.24) is 0 Å². The molecule has 1 aromatic heterocycles. The highest BCUT2D eigenvalue weighted by Gasteiger charge is 2.29. The third-order valence-corrected chi connectivity index (χ3v) is 8.35. The fraction of sp³-hybridized carbons (Fsp3) is 0.292. The first-order valence-corrected chi connectivity index (χ1v) is 13.2. The smallest absolute Gasteiger partial charge is 0.348 e. The Labute approximate surface area is 197 Å². The van der Waals surface area contributed by atoms with Crippen LogP contribution >= 0.6 is 22.9 Å². The van der Waals surface area contributed by atoms with Gasteiger partial charge >= 0.3 is 5.97 Å². The largest absolute Gasteiger partial charge is 0.462 e. The van der Waals surface area contributed by atoms with Gasteiger partial charge in [0.2, 0.25) is 10.0 Å². The summed E-state index contributed by atoms with van der Waals surface area (Å²) in [6.07, 6.45) is 3.25. The van der Waals surface area contributed by atoms with Crippen LogP contribution in [0.25, 0.3) is 21.6 Å². The maximum atomic E-state index is 12.9. The lowest BCUT2D eigenvalue weighted by Gasteiger charge is -2.22. The maximum absolute atomic E-state index is 12.9. The Morgan fingerprint density at radius 1 is 1.09 bits per heavy atom. The Balaban J connectivity index is 1.99. The Bertz CT molecular complexity index is 1290. The van der Waals surface area contributed by atoms with E-state index in [1.54, 1.807) is 19.1 Å². The molecule has 1 heterocycles. The van der Waals surface area contributed by atoms with Gasteiger partial charge in [0.05, 0.1) is 11.5 Å². The first-order chi connectivity index (χ1) is 15.2. The molecule has 4 rings (SSSR count). The Hall–Kier alpha value is -2.19. The highest BCUT2D eigenvalue weighted by atomic mass is 35.5. The topological polar surface area (TPSA) is 86.5 Å². The molecule has 0 bridgehead atoms. The van der Waals surface area contributed by atoms with E-state index in [4.69, 9.17) is 21.5 Å². The lowest BCUT2D eigenvalue weighted by Crippen LogP contribution is -2.18. The molecule has 168 valence electrons. The number of rotatable bonds is 5. The minimum Gasteiger partial charge on any atom is -0.462 e. The molecule has 2 N–H and O–H groups in total. The normalized spacial score (nSPS) is 13.6. The van der Waals surface area contributed by atoms with E-state index >= 15 is 0 Å². The zero-order valence-corrected chi connectivity index (χ0v) is 20.3. The number of ether oxygens (including phenoxy) is 1. The molecule has 0 saturated heterocycles. The Kier molecular flexibility index (Phi) is 6.45. The monoisotopic (exact) mass is 489 g/mol. The predicted octanol–water partition coefficient (Wildman–Crippen LogP) is 5.75. The summed E-state index contributed by atoms with van der Waals surface area (Å²) in [6, 6.07) is 10.9. The van der Waals surface area contributed by atoms with Crippen molar-refractivity contribution in [2.75, 3.05) is 6.61 Å². The van der Waals surface area contributed by atoms with E-state index in [0.717, 1.165) is 57.5 Å². The molecule has 0 fully saturated rings. The average molecular weight is 490 g/mol. The number of hydrogen-bond acceptors (Lipinski definition) is 5. The number of sulfonamides is 1. The van der Waals surface area contributed by atoms with E-state index < -0.39 is 10.0 Å². The van der Waals surface area contributed by atoms with Crippen molar-refractivity contribution < 1.29 is 17.9 Å². The summed E-state index contributed by atoms with van der Waals surface area (Å²) in [6.45, 7) is 4.04. The first kappa shape index (κ1) is 23.0. The van der Waals surface area contributed by atoms with Gasteiger partial charge in [-0.15, -0.1) is 11.3 Å². The SMILES string of the molecule is CCOC(=O)c1sc(-c2ccc(Cl)cc2)c(C)c1-c1ccc(S(N)(=O)=O)c2c1CCCC2. The summed E-state index contributed by atoms with van der Waals surface area (Å²) >= 11 is 7.45. The van der Waals surface area contributed by atoms with E-state index in [2.05, 4.69) is 0 Å². The highest BCUT2D eigenvalue weighted by molar-refractivity contribution is 7.89. The van der Waals surface area contributed by atoms with Crippen LogP contribution in [-0.2, 0) is 27.6 Å². The van der Waals surface area contributed by atoms with E-state index in [-0.39, 0.29) is 17.5 Å². The fourth-order valence-corrected chi connectivity index (χ4v) is 6.56. The summed E-state index contributed by atoms with van der Waals surface area (Å²) < 4.78 is 29.8. The molecule has 0 aliphatic heterocycles. The minimum atomic E-state index is -3.83. The molecule has 0 amide bonds. The van der Waals surface area contributed by atoms with Crippen molar-refractivity contribution in [3.05, 3.63) is 63.0 Å². The molecule has 5 nitrogen and oxygen atoms in total. The number of carbonyl (C=O) groups is 1. The number of fused-ring (bicyclic) bond motifs is 1. The second-order valence-corrected chi connectivity index (χ2v) is 10.8. The summed E-state index contributed by atoms with van der Waals surface area (Å²) in [7, 11) is -3.83. The summed E-state index contributed by atoms with van der Waals surface area (Å²) in [5.41, 5.74) is 5.32. The summed E-state index contributed by atoms with van der Waals surface area (Å²) in [4.78, 5) is 14.6. The molecule has 0 atom stereocenters. The molecule has 0 unspecified atom stereocenters. The van der Waals surface area contributed by atoms with E-state index in [0.29, 0.717) is 16.3 Å². The number of esters is 1. The maximum Gasteiger partial charge on any atom is 0.348 e. The van der Waals surface area contributed by atoms with Gasteiger partial charge in [0.15, 0.2) is 0 Å². The quantitative estimate of drug-likeness (QED) is 0.462. The van der Waals surface area contributed by atoms with E-state index in [1.807, 2.05) is 31.2 Å². The number of nitrogens with two attached hydrogens (primary N) is 1. The fourth-order valence-electron chi connectivity index (χ4n) is 4.39. The van der Waals surface area contributed by atoms with Crippen LogP contribution in [0.3, 0.4) is 0 Å². The average Bonchev–Trinajstić information content (AvgIpc) is 3.10. The van der Waals surface area contributed by atoms with Crippen molar-refractivity contribution >= 4 is 38.9 Å². The van der Waals surface area contributed by atoms with Gasteiger partial charge in [0.25, 0.3) is 0 Å². The van der Waals surface area contributed by atoms with Gasteiger partial charge in [-0.05, 0) is 85.5 Å². The highest BCUT2D eigenvalue weighted by Crippen LogP contribution is 2.45. The minimum absolute atomic E-state index is 0.180. The number of primary sulfonamides is 1. The molecular formula is C24H24ClNO4S2. The van der Waals surface area contributed by atoms with Crippen LogP contribution in [0.4, 0.5) is 0 Å². The zero-order chi connectivity index (χ0) is 23.0. The lowest BCUT2D eigenvalue weighted by atomic mass is 9.84. The third kappa shape index (κ3) is 4.22. The molecule has 1 aliphatic carbocycles. The predicted molar refractivity (Wildman–Crippen MR) is 129 cm³/mol. The third-order valence-electron chi connectivity index (χ3n) is 5.78. The standard InChI is InChI=1S/C24H24ClNO4S2/c1-3-30-24(27)23-21(14(2)22(31-23)15-8-10-16(25)11-9-15)19-12-13-20(32(26,28)29)18-7-5-4-6-17(18)19/h8-13H,3-7H2,1-2H3,(H2,26,28,29). The number of halogens is 1. The first-order valence-electron chi connectivity index (χ1n) is 10.5. The van der Waals surface area contributed by atoms with Crippen LogP contribution in [-0.4, -0.2) is 21.0 Å². The molecule has 0 spiro atoms.